The number of carbonyl (C=O) groups excluding carboxylic acids is 1. The third kappa shape index (κ3) is 4.66. The van der Waals surface area contributed by atoms with E-state index >= 15 is 0 Å². The first-order chi connectivity index (χ1) is 8.04. The van der Waals surface area contributed by atoms with E-state index in [0.717, 1.165) is 6.42 Å². The maximum absolute atomic E-state index is 11.7. The Morgan fingerprint density at radius 3 is 2.71 bits per heavy atom. The average Bonchev–Trinajstić information content (AvgIpc) is 2.26. The molecule has 0 radical (unpaired) electrons. The minimum atomic E-state index is 0.0993. The van der Waals surface area contributed by atoms with Crippen LogP contribution >= 0.6 is 0 Å². The number of nitrogens with one attached hydrogen (secondary N) is 1. The van der Waals surface area contributed by atoms with Crippen molar-refractivity contribution in [3.63, 3.8) is 0 Å². The topological polar surface area (TPSA) is 49.3 Å². The lowest BCUT2D eigenvalue weighted by Crippen LogP contribution is -2.45. The molecule has 1 saturated carbocycles. The largest absolute Gasteiger partial charge is 0.396 e. The fraction of sp³-hybridized carbons (Fsp3) is 0.929. The van der Waals surface area contributed by atoms with Crippen LogP contribution in [0.5, 0.6) is 0 Å². The monoisotopic (exact) mass is 241 g/mol. The van der Waals surface area contributed by atoms with Gasteiger partial charge in [0, 0.05) is 19.1 Å². The van der Waals surface area contributed by atoms with E-state index in [1.807, 2.05) is 0 Å². The number of hydrogen-bond acceptors (Lipinski definition) is 2. The quantitative estimate of drug-likeness (QED) is 0.776. The van der Waals surface area contributed by atoms with Crippen molar-refractivity contribution in [2.24, 2.45) is 17.8 Å². The molecule has 0 aromatic rings. The molecular weight excluding hydrogens is 214 g/mol. The molecule has 17 heavy (non-hydrogen) atoms. The van der Waals surface area contributed by atoms with Gasteiger partial charge in [0.15, 0.2) is 0 Å². The summed E-state index contributed by atoms with van der Waals surface area (Å²) in [7, 11) is 0. The molecule has 1 amide bonds. The van der Waals surface area contributed by atoms with E-state index in [9.17, 15) is 4.79 Å². The molecule has 0 spiro atoms. The van der Waals surface area contributed by atoms with Crippen molar-refractivity contribution in [3.05, 3.63) is 0 Å². The van der Waals surface area contributed by atoms with Crippen molar-refractivity contribution in [1.29, 1.82) is 0 Å². The molecule has 1 aliphatic rings. The van der Waals surface area contributed by atoms with Crippen LogP contribution in [0.25, 0.3) is 0 Å². The summed E-state index contributed by atoms with van der Waals surface area (Å²) >= 11 is 0. The summed E-state index contributed by atoms with van der Waals surface area (Å²) in [4.78, 5) is 11.7. The second-order valence-corrected chi connectivity index (χ2v) is 5.83. The fourth-order valence-electron chi connectivity index (χ4n) is 2.89. The van der Waals surface area contributed by atoms with Crippen molar-refractivity contribution >= 4 is 5.91 Å². The summed E-state index contributed by atoms with van der Waals surface area (Å²) in [6.07, 6.45) is 4.63. The lowest BCUT2D eigenvalue weighted by molar-refractivity contribution is -0.123. The van der Waals surface area contributed by atoms with E-state index in [0.29, 0.717) is 36.6 Å². The van der Waals surface area contributed by atoms with E-state index in [4.69, 9.17) is 5.11 Å². The molecule has 1 aliphatic carbocycles. The van der Waals surface area contributed by atoms with Gasteiger partial charge in [0.05, 0.1) is 0 Å². The lowest BCUT2D eigenvalue weighted by Gasteiger charge is -2.37. The van der Waals surface area contributed by atoms with Crippen LogP contribution in [0.1, 0.15) is 52.9 Å². The predicted octanol–water partition coefficient (Wildman–Crippen LogP) is 2.34. The Bertz CT molecular complexity index is 240. The second-order valence-electron chi connectivity index (χ2n) is 5.83. The number of rotatable bonds is 5. The number of hydrogen-bond donors (Lipinski definition) is 2. The average molecular weight is 241 g/mol. The molecule has 1 rings (SSSR count). The maximum atomic E-state index is 11.7. The zero-order chi connectivity index (χ0) is 12.8. The number of carbonyl (C=O) groups is 1. The molecule has 0 aromatic carbocycles. The lowest BCUT2D eigenvalue weighted by atomic mass is 9.74. The van der Waals surface area contributed by atoms with Crippen LogP contribution in [0.2, 0.25) is 0 Å². The summed E-state index contributed by atoms with van der Waals surface area (Å²) in [6.45, 7) is 6.85. The molecule has 0 aliphatic heterocycles. The van der Waals surface area contributed by atoms with Crippen LogP contribution in [0.3, 0.4) is 0 Å². The Hall–Kier alpha value is -0.570. The third-order valence-electron chi connectivity index (χ3n) is 3.93. The summed E-state index contributed by atoms with van der Waals surface area (Å²) in [5.41, 5.74) is 0. The Labute approximate surface area is 105 Å². The van der Waals surface area contributed by atoms with Gasteiger partial charge in [-0.15, -0.1) is 0 Å². The number of amides is 1. The zero-order valence-corrected chi connectivity index (χ0v) is 11.4. The second kappa shape index (κ2) is 7.00. The molecule has 0 bridgehead atoms. The van der Waals surface area contributed by atoms with E-state index in [2.05, 4.69) is 26.1 Å². The van der Waals surface area contributed by atoms with Gasteiger partial charge in [0.1, 0.15) is 0 Å². The van der Waals surface area contributed by atoms with Gasteiger partial charge >= 0.3 is 0 Å². The van der Waals surface area contributed by atoms with Gasteiger partial charge in [-0.1, -0.05) is 27.2 Å². The molecule has 1 fully saturated rings. The normalized spacial score (nSPS) is 29.4. The van der Waals surface area contributed by atoms with E-state index in [1.165, 1.54) is 12.8 Å². The Balaban J connectivity index is 2.48. The van der Waals surface area contributed by atoms with Gasteiger partial charge in [0.2, 0.25) is 5.91 Å². The highest BCUT2D eigenvalue weighted by Crippen LogP contribution is 2.33. The highest BCUT2D eigenvalue weighted by Gasteiger charge is 2.31. The fourth-order valence-corrected chi connectivity index (χ4v) is 2.89. The molecule has 100 valence electrons. The highest BCUT2D eigenvalue weighted by atomic mass is 16.3. The number of aliphatic hydroxyl groups excluding tert-OH is 1. The van der Waals surface area contributed by atoms with Gasteiger partial charge in [-0.05, 0) is 37.0 Å². The van der Waals surface area contributed by atoms with Crippen molar-refractivity contribution in [1.82, 2.24) is 5.32 Å². The van der Waals surface area contributed by atoms with Gasteiger partial charge < -0.3 is 10.4 Å². The van der Waals surface area contributed by atoms with Crippen LogP contribution in [0, 0.1) is 17.8 Å². The van der Waals surface area contributed by atoms with Gasteiger partial charge in [-0.2, -0.15) is 0 Å². The number of aliphatic hydroxyl groups is 1. The summed E-state index contributed by atoms with van der Waals surface area (Å²) in [5.74, 6) is 2.06. The van der Waals surface area contributed by atoms with Crippen molar-refractivity contribution in [2.45, 2.75) is 58.9 Å². The molecule has 3 heteroatoms. The van der Waals surface area contributed by atoms with Gasteiger partial charge in [-0.3, -0.25) is 4.79 Å². The predicted molar refractivity (Wildman–Crippen MR) is 69.6 cm³/mol. The minimum absolute atomic E-state index is 0.0993. The Morgan fingerprint density at radius 1 is 1.41 bits per heavy atom. The zero-order valence-electron chi connectivity index (χ0n) is 11.4. The molecule has 0 heterocycles. The SMILES string of the molecule is CC1CCC(C(C)C)C(NC(=O)CCCO)C1. The Kier molecular flexibility index (Phi) is 5.96. The van der Waals surface area contributed by atoms with E-state index < -0.39 is 0 Å². The van der Waals surface area contributed by atoms with E-state index in [-0.39, 0.29) is 12.5 Å². The Morgan fingerprint density at radius 2 is 2.12 bits per heavy atom. The van der Waals surface area contributed by atoms with Crippen LogP contribution < -0.4 is 5.32 Å². The van der Waals surface area contributed by atoms with Crippen molar-refractivity contribution < 1.29 is 9.90 Å². The van der Waals surface area contributed by atoms with Crippen molar-refractivity contribution in [2.75, 3.05) is 6.61 Å². The van der Waals surface area contributed by atoms with Crippen molar-refractivity contribution in [3.8, 4) is 0 Å². The highest BCUT2D eigenvalue weighted by molar-refractivity contribution is 5.76. The molecule has 3 nitrogen and oxygen atoms in total. The summed E-state index contributed by atoms with van der Waals surface area (Å²) in [5, 5.41) is 11.9. The van der Waals surface area contributed by atoms with Crippen LogP contribution in [0.4, 0.5) is 0 Å². The molecule has 0 saturated heterocycles. The smallest absolute Gasteiger partial charge is 0.220 e. The molecule has 3 atom stereocenters. The van der Waals surface area contributed by atoms with Gasteiger partial charge in [0.25, 0.3) is 0 Å². The summed E-state index contributed by atoms with van der Waals surface area (Å²) < 4.78 is 0. The standard InChI is InChI=1S/C14H27NO2/c1-10(2)12-7-6-11(3)9-13(12)15-14(17)5-4-8-16/h10-13,16H,4-9H2,1-3H3,(H,15,17). The summed E-state index contributed by atoms with van der Waals surface area (Å²) in [6, 6.07) is 0.338. The third-order valence-corrected chi connectivity index (χ3v) is 3.93. The van der Waals surface area contributed by atoms with Crippen LogP contribution in [-0.4, -0.2) is 23.7 Å². The molecular formula is C14H27NO2. The maximum Gasteiger partial charge on any atom is 0.220 e. The van der Waals surface area contributed by atoms with Crippen LogP contribution in [-0.2, 0) is 4.79 Å². The molecule has 3 unspecified atom stereocenters. The molecule has 0 aromatic heterocycles. The molecule has 2 N–H and O–H groups in total. The first-order valence-corrected chi connectivity index (χ1v) is 6.94. The first-order valence-electron chi connectivity index (χ1n) is 6.94. The van der Waals surface area contributed by atoms with Crippen LogP contribution in [0.15, 0.2) is 0 Å². The van der Waals surface area contributed by atoms with Gasteiger partial charge in [-0.25, -0.2) is 0 Å². The van der Waals surface area contributed by atoms with E-state index in [1.54, 1.807) is 0 Å². The first kappa shape index (κ1) is 14.5. The minimum Gasteiger partial charge on any atom is -0.396 e.